The molecule has 0 saturated heterocycles. The normalized spacial score (nSPS) is 11.2. The van der Waals surface area contributed by atoms with E-state index < -0.39 is 0 Å². The smallest absolute Gasteiger partial charge is 0.145 e. The van der Waals surface area contributed by atoms with Crippen LogP contribution in [0.15, 0.2) is 46.6 Å². The summed E-state index contributed by atoms with van der Waals surface area (Å²) in [4.78, 5) is 2.29. The molecule has 2 rings (SSSR count). The van der Waals surface area contributed by atoms with Crippen molar-refractivity contribution < 1.29 is 10.2 Å². The maximum atomic E-state index is 10.3. The number of phenolic OH excluding ortho intramolecular Hbond substituents is 2. The highest BCUT2D eigenvalue weighted by Gasteiger charge is 2.09. The molecule has 2 aromatic rings. The van der Waals surface area contributed by atoms with E-state index in [0.29, 0.717) is 16.4 Å². The number of hydrogen-bond donors (Lipinski definition) is 2. The summed E-state index contributed by atoms with van der Waals surface area (Å²) < 4.78 is 0. The Kier molecular flexibility index (Phi) is 7.73. The van der Waals surface area contributed by atoms with Crippen LogP contribution in [0.4, 0.5) is 17.1 Å². The summed E-state index contributed by atoms with van der Waals surface area (Å²) in [7, 11) is 0. The van der Waals surface area contributed by atoms with Gasteiger partial charge in [-0.05, 0) is 37.1 Å². The zero-order valence-corrected chi connectivity index (χ0v) is 16.1. The second kappa shape index (κ2) is 10.0. The van der Waals surface area contributed by atoms with Crippen LogP contribution in [0, 0.1) is 0 Å². The first-order chi connectivity index (χ1) is 12.5. The second-order valence-electron chi connectivity index (χ2n) is 6.20. The van der Waals surface area contributed by atoms with E-state index in [0.717, 1.165) is 44.5 Å². The molecule has 6 heteroatoms. The number of benzene rings is 2. The highest BCUT2D eigenvalue weighted by atomic mass is 35.5. The molecular formula is C20H26ClN3O2. The van der Waals surface area contributed by atoms with E-state index in [4.69, 9.17) is 11.6 Å². The lowest BCUT2D eigenvalue weighted by atomic mass is 10.2. The fraction of sp³-hybridized carbons (Fsp3) is 0.400. The van der Waals surface area contributed by atoms with Crippen molar-refractivity contribution in [3.63, 3.8) is 0 Å². The van der Waals surface area contributed by atoms with Crippen molar-refractivity contribution in [3.8, 4) is 11.5 Å². The Labute approximate surface area is 160 Å². The molecule has 0 fully saturated rings. The average Bonchev–Trinajstić information content (AvgIpc) is 2.62. The maximum absolute atomic E-state index is 10.3. The van der Waals surface area contributed by atoms with Crippen LogP contribution in [-0.2, 0) is 0 Å². The molecule has 0 spiro atoms. The first kappa shape index (κ1) is 20.0. The van der Waals surface area contributed by atoms with Crippen LogP contribution < -0.4 is 4.90 Å². The number of rotatable bonds is 9. The van der Waals surface area contributed by atoms with Gasteiger partial charge in [-0.3, -0.25) is 0 Å². The Balaban J connectivity index is 2.17. The summed E-state index contributed by atoms with van der Waals surface area (Å²) in [5.74, 6) is 0.0142. The van der Waals surface area contributed by atoms with Gasteiger partial charge in [-0.25, -0.2) is 0 Å². The van der Waals surface area contributed by atoms with Gasteiger partial charge in [-0.2, -0.15) is 0 Å². The number of phenols is 2. The van der Waals surface area contributed by atoms with E-state index in [1.807, 2.05) is 6.07 Å². The third-order valence-corrected chi connectivity index (χ3v) is 4.33. The predicted octanol–water partition coefficient (Wildman–Crippen LogP) is 6.57. The summed E-state index contributed by atoms with van der Waals surface area (Å²) in [5.41, 5.74) is 1.64. The van der Waals surface area contributed by atoms with Crippen LogP contribution in [0.1, 0.15) is 39.5 Å². The van der Waals surface area contributed by atoms with Crippen LogP contribution >= 0.6 is 11.6 Å². The standard InChI is InChI=1S/C20H26ClN3O2/c1-3-5-11-24(12-6-4-2)16-8-10-18(20(26)14-16)23-22-17-9-7-15(21)13-19(17)25/h7-10,13-14,25-26H,3-6,11-12H2,1-2H3. The van der Waals surface area contributed by atoms with E-state index in [-0.39, 0.29) is 11.5 Å². The second-order valence-corrected chi connectivity index (χ2v) is 6.64. The summed E-state index contributed by atoms with van der Waals surface area (Å²) in [6.07, 6.45) is 4.49. The van der Waals surface area contributed by atoms with Crippen LogP contribution in [-0.4, -0.2) is 23.3 Å². The lowest BCUT2D eigenvalue weighted by molar-refractivity contribution is 0.474. The number of anilines is 1. The van der Waals surface area contributed by atoms with E-state index in [9.17, 15) is 10.2 Å². The molecule has 0 aromatic heterocycles. The number of aromatic hydroxyl groups is 2. The molecule has 0 aliphatic heterocycles. The summed E-state index contributed by atoms with van der Waals surface area (Å²) in [6, 6.07) is 10.0. The van der Waals surface area contributed by atoms with E-state index >= 15 is 0 Å². The molecule has 5 nitrogen and oxygen atoms in total. The molecule has 0 heterocycles. The van der Waals surface area contributed by atoms with E-state index in [1.165, 1.54) is 6.07 Å². The van der Waals surface area contributed by atoms with Gasteiger partial charge in [0.05, 0.1) is 0 Å². The van der Waals surface area contributed by atoms with Gasteiger partial charge >= 0.3 is 0 Å². The van der Waals surface area contributed by atoms with Crippen molar-refractivity contribution in [2.75, 3.05) is 18.0 Å². The van der Waals surface area contributed by atoms with Gasteiger partial charge < -0.3 is 15.1 Å². The largest absolute Gasteiger partial charge is 0.506 e. The minimum Gasteiger partial charge on any atom is -0.506 e. The Morgan fingerprint density at radius 2 is 1.38 bits per heavy atom. The monoisotopic (exact) mass is 375 g/mol. The SMILES string of the molecule is CCCCN(CCCC)c1ccc(N=Nc2ccc(Cl)cc2O)c(O)c1. The maximum Gasteiger partial charge on any atom is 0.145 e. The number of halogens is 1. The highest BCUT2D eigenvalue weighted by molar-refractivity contribution is 6.30. The van der Waals surface area contributed by atoms with Crippen LogP contribution in [0.2, 0.25) is 5.02 Å². The highest BCUT2D eigenvalue weighted by Crippen LogP contribution is 2.35. The molecule has 0 bridgehead atoms. The van der Waals surface area contributed by atoms with E-state index in [1.54, 1.807) is 24.3 Å². The number of nitrogens with zero attached hydrogens (tertiary/aromatic N) is 3. The lowest BCUT2D eigenvalue weighted by Gasteiger charge is -2.25. The van der Waals surface area contributed by atoms with Crippen molar-refractivity contribution in [3.05, 3.63) is 41.4 Å². The van der Waals surface area contributed by atoms with Gasteiger partial charge in [0, 0.05) is 35.9 Å². The minimum absolute atomic E-state index is 0.0531. The Hall–Kier alpha value is -2.27. The molecule has 0 aliphatic rings. The number of hydrogen-bond acceptors (Lipinski definition) is 5. The Bertz CT molecular complexity index is 742. The number of azo groups is 1. The van der Waals surface area contributed by atoms with Crippen molar-refractivity contribution in [2.24, 2.45) is 10.2 Å². The van der Waals surface area contributed by atoms with Crippen molar-refractivity contribution in [1.82, 2.24) is 0 Å². The van der Waals surface area contributed by atoms with Crippen LogP contribution in [0.5, 0.6) is 11.5 Å². The third kappa shape index (κ3) is 5.63. The third-order valence-electron chi connectivity index (χ3n) is 4.09. The quantitative estimate of drug-likeness (QED) is 0.487. The Morgan fingerprint density at radius 1 is 0.846 bits per heavy atom. The summed E-state index contributed by atoms with van der Waals surface area (Å²) in [5, 5.41) is 28.6. The van der Waals surface area contributed by atoms with Gasteiger partial charge in [0.2, 0.25) is 0 Å². The molecular weight excluding hydrogens is 350 g/mol. The molecule has 0 amide bonds. The van der Waals surface area contributed by atoms with Gasteiger partial charge in [0.15, 0.2) is 0 Å². The topological polar surface area (TPSA) is 68.4 Å². The van der Waals surface area contributed by atoms with Crippen LogP contribution in [0.3, 0.4) is 0 Å². The van der Waals surface area contributed by atoms with E-state index in [2.05, 4.69) is 29.0 Å². The average molecular weight is 376 g/mol. The van der Waals surface area contributed by atoms with Gasteiger partial charge in [0.25, 0.3) is 0 Å². The molecule has 0 aliphatic carbocycles. The lowest BCUT2D eigenvalue weighted by Crippen LogP contribution is -2.25. The molecule has 0 saturated carbocycles. The van der Waals surface area contributed by atoms with Crippen molar-refractivity contribution in [2.45, 2.75) is 39.5 Å². The van der Waals surface area contributed by atoms with Crippen molar-refractivity contribution in [1.29, 1.82) is 0 Å². The molecule has 26 heavy (non-hydrogen) atoms. The molecule has 2 N–H and O–H groups in total. The fourth-order valence-corrected chi connectivity index (χ4v) is 2.72. The molecule has 2 aromatic carbocycles. The first-order valence-electron chi connectivity index (χ1n) is 9.03. The van der Waals surface area contributed by atoms with Crippen LogP contribution in [0.25, 0.3) is 0 Å². The molecule has 140 valence electrons. The molecule has 0 unspecified atom stereocenters. The zero-order valence-electron chi connectivity index (χ0n) is 15.3. The molecule has 0 atom stereocenters. The predicted molar refractivity (Wildman–Crippen MR) is 107 cm³/mol. The van der Waals surface area contributed by atoms with Crippen molar-refractivity contribution >= 4 is 28.7 Å². The number of unbranched alkanes of at least 4 members (excludes halogenated alkanes) is 2. The summed E-state index contributed by atoms with van der Waals surface area (Å²) >= 11 is 5.80. The summed E-state index contributed by atoms with van der Waals surface area (Å²) in [6.45, 7) is 6.28. The minimum atomic E-state index is -0.0531. The first-order valence-corrected chi connectivity index (χ1v) is 9.41. The zero-order chi connectivity index (χ0) is 18.9. The Morgan fingerprint density at radius 3 is 1.88 bits per heavy atom. The van der Waals surface area contributed by atoms with Gasteiger partial charge in [0.1, 0.15) is 22.9 Å². The fourth-order valence-electron chi connectivity index (χ4n) is 2.55. The van der Waals surface area contributed by atoms with Gasteiger partial charge in [-0.1, -0.05) is 38.3 Å². The van der Waals surface area contributed by atoms with Gasteiger partial charge in [-0.15, -0.1) is 10.2 Å². The molecule has 0 radical (unpaired) electrons.